The lowest BCUT2D eigenvalue weighted by molar-refractivity contribution is -0.148. The first-order valence-electron chi connectivity index (χ1n) is 12.1. The predicted molar refractivity (Wildman–Crippen MR) is 122 cm³/mol. The van der Waals surface area contributed by atoms with E-state index in [0.29, 0.717) is 12.3 Å². The number of carbonyl (C=O) groups excluding carboxylic acids is 2. The first-order valence-corrected chi connectivity index (χ1v) is 12.1. The van der Waals surface area contributed by atoms with Gasteiger partial charge in [-0.15, -0.1) is 0 Å². The molecule has 0 N–H and O–H groups in total. The van der Waals surface area contributed by atoms with Gasteiger partial charge in [-0.3, -0.25) is 14.5 Å². The molecule has 4 heterocycles. The van der Waals surface area contributed by atoms with Gasteiger partial charge in [-0.25, -0.2) is 4.98 Å². The minimum atomic E-state index is -0.234. The van der Waals surface area contributed by atoms with E-state index in [4.69, 9.17) is 0 Å². The van der Waals surface area contributed by atoms with Gasteiger partial charge in [0.15, 0.2) is 0 Å². The van der Waals surface area contributed by atoms with E-state index in [9.17, 15) is 9.59 Å². The van der Waals surface area contributed by atoms with E-state index >= 15 is 0 Å². The lowest BCUT2D eigenvalue weighted by Crippen LogP contribution is -2.55. The summed E-state index contributed by atoms with van der Waals surface area (Å²) in [5.41, 5.74) is 0. The maximum Gasteiger partial charge on any atom is 0.245 e. The number of nitrogens with zero attached hydrogens (tertiary/aromatic N) is 5. The number of amides is 2. The second kappa shape index (κ2) is 10.4. The van der Waals surface area contributed by atoms with E-state index in [0.717, 1.165) is 83.9 Å². The van der Waals surface area contributed by atoms with Crippen molar-refractivity contribution in [3.8, 4) is 0 Å². The van der Waals surface area contributed by atoms with Crippen molar-refractivity contribution in [3.63, 3.8) is 0 Å². The van der Waals surface area contributed by atoms with Crippen molar-refractivity contribution in [2.24, 2.45) is 5.92 Å². The summed E-state index contributed by atoms with van der Waals surface area (Å²) in [6, 6.07) is 5.85. The zero-order valence-electron chi connectivity index (χ0n) is 18.9. The molecule has 0 aromatic carbocycles. The number of aromatic nitrogens is 1. The largest absolute Gasteiger partial charge is 0.354 e. The van der Waals surface area contributed by atoms with Crippen LogP contribution in [0.15, 0.2) is 24.4 Å². The number of hydrogen-bond acceptors (Lipinski definition) is 5. The van der Waals surface area contributed by atoms with E-state index in [1.54, 1.807) is 0 Å². The van der Waals surface area contributed by atoms with Crippen LogP contribution in [0.1, 0.15) is 45.4 Å². The van der Waals surface area contributed by atoms with Crippen molar-refractivity contribution >= 4 is 17.6 Å². The van der Waals surface area contributed by atoms with Gasteiger partial charge in [-0.05, 0) is 50.2 Å². The summed E-state index contributed by atoms with van der Waals surface area (Å²) in [7, 11) is 0. The highest BCUT2D eigenvalue weighted by Gasteiger charge is 2.36. The van der Waals surface area contributed by atoms with Gasteiger partial charge >= 0.3 is 0 Å². The van der Waals surface area contributed by atoms with Crippen molar-refractivity contribution < 1.29 is 9.59 Å². The van der Waals surface area contributed by atoms with Gasteiger partial charge in [-0.1, -0.05) is 13.0 Å². The third-order valence-electron chi connectivity index (χ3n) is 7.10. The molecule has 3 saturated heterocycles. The Morgan fingerprint density at radius 2 is 1.84 bits per heavy atom. The molecule has 3 fully saturated rings. The second-order valence-electron chi connectivity index (χ2n) is 9.22. The summed E-state index contributed by atoms with van der Waals surface area (Å²) in [6.45, 7) is 9.46. The number of carbonyl (C=O) groups is 2. The third-order valence-corrected chi connectivity index (χ3v) is 7.10. The Hall–Kier alpha value is -2.15. The van der Waals surface area contributed by atoms with Gasteiger partial charge in [0.1, 0.15) is 11.9 Å². The maximum atomic E-state index is 13.3. The number of anilines is 1. The zero-order chi connectivity index (χ0) is 21.6. The Morgan fingerprint density at radius 3 is 2.58 bits per heavy atom. The summed E-state index contributed by atoms with van der Waals surface area (Å²) in [5.74, 6) is 1.90. The zero-order valence-corrected chi connectivity index (χ0v) is 18.9. The summed E-state index contributed by atoms with van der Waals surface area (Å²) < 4.78 is 0. The topological polar surface area (TPSA) is 60.0 Å². The van der Waals surface area contributed by atoms with Crippen molar-refractivity contribution in [2.75, 3.05) is 57.3 Å². The van der Waals surface area contributed by atoms with Crippen LogP contribution in [-0.2, 0) is 9.59 Å². The highest BCUT2D eigenvalue weighted by molar-refractivity contribution is 5.88. The smallest absolute Gasteiger partial charge is 0.245 e. The molecule has 0 spiro atoms. The number of piperazine rings is 1. The average molecular weight is 428 g/mol. The second-order valence-corrected chi connectivity index (χ2v) is 9.22. The van der Waals surface area contributed by atoms with Crippen molar-refractivity contribution in [1.82, 2.24) is 19.7 Å². The van der Waals surface area contributed by atoms with Crippen LogP contribution in [-0.4, -0.2) is 89.9 Å². The third kappa shape index (κ3) is 5.37. The van der Waals surface area contributed by atoms with Crippen molar-refractivity contribution in [3.05, 3.63) is 24.4 Å². The molecular weight excluding hydrogens is 390 g/mol. The van der Waals surface area contributed by atoms with Gasteiger partial charge in [0.05, 0.1) is 0 Å². The lowest BCUT2D eigenvalue weighted by atomic mass is 9.94. The lowest BCUT2D eigenvalue weighted by Gasteiger charge is -2.42. The molecule has 7 heteroatoms. The van der Waals surface area contributed by atoms with Crippen LogP contribution in [0.4, 0.5) is 5.82 Å². The Balaban J connectivity index is 1.28. The number of rotatable bonds is 5. The number of hydrogen-bond donors (Lipinski definition) is 0. The van der Waals surface area contributed by atoms with Gasteiger partial charge in [0, 0.05) is 65.0 Å². The fourth-order valence-corrected chi connectivity index (χ4v) is 5.38. The van der Waals surface area contributed by atoms with Gasteiger partial charge < -0.3 is 14.7 Å². The predicted octanol–water partition coefficient (Wildman–Crippen LogP) is 2.23. The maximum absolute atomic E-state index is 13.3. The monoisotopic (exact) mass is 427 g/mol. The van der Waals surface area contributed by atoms with Crippen LogP contribution in [0.5, 0.6) is 0 Å². The van der Waals surface area contributed by atoms with E-state index in [2.05, 4.69) is 25.8 Å². The molecule has 2 unspecified atom stereocenters. The molecule has 0 saturated carbocycles. The highest BCUT2D eigenvalue weighted by atomic mass is 16.2. The Kier molecular flexibility index (Phi) is 7.43. The van der Waals surface area contributed by atoms with E-state index in [1.807, 2.05) is 30.2 Å². The molecule has 170 valence electrons. The Bertz CT molecular complexity index is 735. The molecule has 0 aliphatic carbocycles. The Labute approximate surface area is 186 Å². The van der Waals surface area contributed by atoms with E-state index in [-0.39, 0.29) is 17.9 Å². The quantitative estimate of drug-likeness (QED) is 0.721. The standard InChI is InChI=1S/C24H37N5O2/c1-2-23(30)29-13-6-4-9-21(29)24(31)28-12-7-8-20(19-28)18-26-14-16-27(17-15-26)22-10-3-5-11-25-22/h3,5,10-11,20-21H,2,4,6-9,12-19H2,1H3. The van der Waals surface area contributed by atoms with E-state index in [1.165, 1.54) is 6.42 Å². The molecule has 0 bridgehead atoms. The molecule has 2 amide bonds. The molecule has 1 aromatic heterocycles. The molecule has 2 atom stereocenters. The molecule has 4 rings (SSSR count). The summed E-state index contributed by atoms with van der Waals surface area (Å²) in [4.78, 5) is 39.0. The minimum Gasteiger partial charge on any atom is -0.354 e. The van der Waals surface area contributed by atoms with Gasteiger partial charge in [0.25, 0.3) is 0 Å². The Morgan fingerprint density at radius 1 is 1.00 bits per heavy atom. The molecule has 3 aliphatic heterocycles. The molecule has 7 nitrogen and oxygen atoms in total. The first kappa shape index (κ1) is 22.1. The van der Waals surface area contributed by atoms with Crippen LogP contribution in [0.3, 0.4) is 0 Å². The van der Waals surface area contributed by atoms with E-state index < -0.39 is 0 Å². The number of pyridine rings is 1. The average Bonchev–Trinajstić information content (AvgIpc) is 2.84. The van der Waals surface area contributed by atoms with Gasteiger partial charge in [-0.2, -0.15) is 0 Å². The fourth-order valence-electron chi connectivity index (χ4n) is 5.38. The number of piperidine rings is 2. The van der Waals surface area contributed by atoms with Crippen LogP contribution >= 0.6 is 0 Å². The minimum absolute atomic E-state index is 0.123. The molecule has 3 aliphatic rings. The van der Waals surface area contributed by atoms with Crippen LogP contribution in [0.25, 0.3) is 0 Å². The van der Waals surface area contributed by atoms with Crippen molar-refractivity contribution in [2.45, 2.75) is 51.5 Å². The molecule has 1 aromatic rings. The van der Waals surface area contributed by atoms with Crippen LogP contribution < -0.4 is 4.90 Å². The normalized spacial score (nSPS) is 25.5. The van der Waals surface area contributed by atoms with Crippen LogP contribution in [0, 0.1) is 5.92 Å². The SMILES string of the molecule is CCC(=O)N1CCCCC1C(=O)N1CCCC(CN2CCN(c3ccccn3)CC2)C1. The van der Waals surface area contributed by atoms with Crippen molar-refractivity contribution in [1.29, 1.82) is 0 Å². The highest BCUT2D eigenvalue weighted by Crippen LogP contribution is 2.24. The molecule has 0 radical (unpaired) electrons. The molecular formula is C24H37N5O2. The van der Waals surface area contributed by atoms with Gasteiger partial charge in [0.2, 0.25) is 11.8 Å². The first-order chi connectivity index (χ1) is 15.2. The fraction of sp³-hybridized carbons (Fsp3) is 0.708. The summed E-state index contributed by atoms with van der Waals surface area (Å²) in [5, 5.41) is 0. The summed E-state index contributed by atoms with van der Waals surface area (Å²) in [6.07, 6.45) is 7.48. The van der Waals surface area contributed by atoms with Crippen LogP contribution in [0.2, 0.25) is 0 Å². The number of likely N-dealkylation sites (tertiary alicyclic amines) is 2. The molecule has 31 heavy (non-hydrogen) atoms. The summed E-state index contributed by atoms with van der Waals surface area (Å²) >= 11 is 0.